The van der Waals surface area contributed by atoms with Crippen molar-refractivity contribution in [1.82, 2.24) is 4.98 Å². The lowest BCUT2D eigenvalue weighted by molar-refractivity contribution is -0.121. The summed E-state index contributed by atoms with van der Waals surface area (Å²) in [6.45, 7) is 4.50. The largest absolute Gasteiger partial charge is 0.279 e. The minimum atomic E-state index is -0.213. The predicted octanol–water partition coefficient (Wildman–Crippen LogP) is 5.41. The van der Waals surface area contributed by atoms with Crippen molar-refractivity contribution in [3.8, 4) is 0 Å². The standard InChI is InChI=1S/C27H23N3O3S/c1-17-14-22-23(15-18(17)2)34-27(28-22)29(16-19-6-4-3-5-7-19)26(33)20-8-10-21(11-9-20)30-24(31)12-13-25(30)32/h3-11,14-15H,12-13,16H2,1-2H3. The second-order valence-electron chi connectivity index (χ2n) is 8.45. The van der Waals surface area contributed by atoms with E-state index < -0.39 is 0 Å². The average Bonchev–Trinajstić information content (AvgIpc) is 3.40. The molecule has 0 aliphatic carbocycles. The monoisotopic (exact) mass is 469 g/mol. The zero-order valence-corrected chi connectivity index (χ0v) is 19.8. The molecule has 0 radical (unpaired) electrons. The molecule has 2 heterocycles. The number of carbonyl (C=O) groups excluding carboxylic acids is 3. The van der Waals surface area contributed by atoms with Gasteiger partial charge in [0, 0.05) is 18.4 Å². The molecule has 1 aliphatic heterocycles. The molecule has 0 spiro atoms. The van der Waals surface area contributed by atoms with Gasteiger partial charge in [0.05, 0.1) is 22.4 Å². The van der Waals surface area contributed by atoms with Crippen LogP contribution in [0.1, 0.15) is 39.9 Å². The van der Waals surface area contributed by atoms with E-state index in [1.165, 1.54) is 21.8 Å². The lowest BCUT2D eigenvalue weighted by Crippen LogP contribution is -2.31. The Bertz CT molecular complexity index is 1360. The summed E-state index contributed by atoms with van der Waals surface area (Å²) in [5.74, 6) is -0.619. The van der Waals surface area contributed by atoms with Crippen LogP contribution < -0.4 is 9.80 Å². The zero-order chi connectivity index (χ0) is 23.8. The van der Waals surface area contributed by atoms with Crippen molar-refractivity contribution in [2.24, 2.45) is 0 Å². The van der Waals surface area contributed by atoms with Gasteiger partial charge < -0.3 is 0 Å². The Kier molecular flexibility index (Phi) is 5.71. The van der Waals surface area contributed by atoms with E-state index in [0.717, 1.165) is 21.3 Å². The summed E-state index contributed by atoms with van der Waals surface area (Å²) in [4.78, 5) is 45.4. The van der Waals surface area contributed by atoms with Crippen LogP contribution in [0.5, 0.6) is 0 Å². The first-order valence-electron chi connectivity index (χ1n) is 11.1. The molecule has 6 nitrogen and oxygen atoms in total. The topological polar surface area (TPSA) is 70.6 Å². The van der Waals surface area contributed by atoms with Gasteiger partial charge in [-0.2, -0.15) is 0 Å². The second-order valence-corrected chi connectivity index (χ2v) is 9.46. The molecule has 1 fully saturated rings. The first-order valence-corrected chi connectivity index (χ1v) is 11.9. The number of amides is 3. The van der Waals surface area contributed by atoms with Gasteiger partial charge in [-0.25, -0.2) is 4.98 Å². The fourth-order valence-corrected chi connectivity index (χ4v) is 5.09. The fourth-order valence-electron chi connectivity index (χ4n) is 4.05. The quantitative estimate of drug-likeness (QED) is 0.366. The van der Waals surface area contributed by atoms with Crippen LogP contribution in [0.25, 0.3) is 10.2 Å². The van der Waals surface area contributed by atoms with Gasteiger partial charge in [0.2, 0.25) is 11.8 Å². The summed E-state index contributed by atoms with van der Waals surface area (Å²) in [6, 6.07) is 20.6. The smallest absolute Gasteiger partial charge is 0.260 e. The maximum absolute atomic E-state index is 13.7. The second kappa shape index (κ2) is 8.83. The lowest BCUT2D eigenvalue weighted by Gasteiger charge is -2.21. The molecule has 34 heavy (non-hydrogen) atoms. The lowest BCUT2D eigenvalue weighted by atomic mass is 10.1. The van der Waals surface area contributed by atoms with Gasteiger partial charge in [-0.3, -0.25) is 24.2 Å². The molecule has 5 rings (SSSR count). The number of carbonyl (C=O) groups is 3. The minimum absolute atomic E-state index is 0.193. The fraction of sp³-hybridized carbons (Fsp3) is 0.185. The van der Waals surface area contributed by atoms with E-state index in [2.05, 4.69) is 26.0 Å². The molecular weight excluding hydrogens is 446 g/mol. The molecule has 4 aromatic rings. The molecule has 0 bridgehead atoms. The van der Waals surface area contributed by atoms with Crippen LogP contribution in [0.15, 0.2) is 66.7 Å². The van der Waals surface area contributed by atoms with E-state index in [9.17, 15) is 14.4 Å². The highest BCUT2D eigenvalue weighted by atomic mass is 32.1. The summed E-state index contributed by atoms with van der Waals surface area (Å²) in [5, 5.41) is 0.628. The molecule has 7 heteroatoms. The van der Waals surface area contributed by atoms with Gasteiger partial charge in [0.25, 0.3) is 5.91 Å². The zero-order valence-electron chi connectivity index (χ0n) is 18.9. The van der Waals surface area contributed by atoms with Crippen LogP contribution in [-0.2, 0) is 16.1 Å². The van der Waals surface area contributed by atoms with Crippen molar-refractivity contribution in [1.29, 1.82) is 0 Å². The molecule has 0 unspecified atom stereocenters. The Balaban J connectivity index is 1.50. The highest BCUT2D eigenvalue weighted by Gasteiger charge is 2.30. The van der Waals surface area contributed by atoms with Gasteiger partial charge >= 0.3 is 0 Å². The summed E-state index contributed by atoms with van der Waals surface area (Å²) < 4.78 is 1.03. The third-order valence-electron chi connectivity index (χ3n) is 6.08. The summed E-state index contributed by atoms with van der Waals surface area (Å²) in [5.41, 5.74) is 5.16. The number of nitrogens with zero attached hydrogens (tertiary/aromatic N) is 3. The van der Waals surface area contributed by atoms with Crippen molar-refractivity contribution in [2.45, 2.75) is 33.2 Å². The van der Waals surface area contributed by atoms with E-state index in [0.29, 0.717) is 22.9 Å². The molecule has 1 saturated heterocycles. The SMILES string of the molecule is Cc1cc2nc(N(Cc3ccccc3)C(=O)c3ccc(N4C(=O)CCC4=O)cc3)sc2cc1C. The first kappa shape index (κ1) is 22.0. The number of thiazole rings is 1. The first-order chi connectivity index (χ1) is 16.4. The number of hydrogen-bond donors (Lipinski definition) is 0. The number of rotatable bonds is 5. The highest BCUT2D eigenvalue weighted by Crippen LogP contribution is 2.33. The summed E-state index contributed by atoms with van der Waals surface area (Å²) in [6.07, 6.45) is 0.446. The number of aryl methyl sites for hydroxylation is 2. The minimum Gasteiger partial charge on any atom is -0.279 e. The van der Waals surface area contributed by atoms with Crippen molar-refractivity contribution in [3.05, 3.63) is 89.0 Å². The average molecular weight is 470 g/mol. The maximum Gasteiger partial charge on any atom is 0.260 e. The molecule has 170 valence electrons. The number of anilines is 2. The number of aromatic nitrogens is 1. The molecule has 0 saturated carbocycles. The van der Waals surface area contributed by atoms with E-state index in [1.807, 2.05) is 30.3 Å². The third kappa shape index (κ3) is 4.10. The van der Waals surface area contributed by atoms with Gasteiger partial charge in [-0.05, 0) is 66.9 Å². The van der Waals surface area contributed by atoms with Crippen molar-refractivity contribution in [3.63, 3.8) is 0 Å². The number of benzene rings is 3. The van der Waals surface area contributed by atoms with Crippen LogP contribution in [0.4, 0.5) is 10.8 Å². The van der Waals surface area contributed by atoms with Crippen LogP contribution in [-0.4, -0.2) is 22.7 Å². The summed E-state index contributed by atoms with van der Waals surface area (Å²) in [7, 11) is 0. The molecule has 1 aliphatic rings. The van der Waals surface area contributed by atoms with E-state index in [4.69, 9.17) is 4.98 Å². The Hall–Kier alpha value is -3.84. The van der Waals surface area contributed by atoms with Gasteiger partial charge in [-0.15, -0.1) is 0 Å². The molecule has 1 aromatic heterocycles. The van der Waals surface area contributed by atoms with E-state index in [-0.39, 0.29) is 30.6 Å². The van der Waals surface area contributed by atoms with E-state index in [1.54, 1.807) is 29.2 Å². The van der Waals surface area contributed by atoms with E-state index >= 15 is 0 Å². The maximum atomic E-state index is 13.7. The highest BCUT2D eigenvalue weighted by molar-refractivity contribution is 7.22. The van der Waals surface area contributed by atoms with Crippen molar-refractivity contribution >= 4 is 50.1 Å². The van der Waals surface area contributed by atoms with Crippen LogP contribution in [0, 0.1) is 13.8 Å². The normalized spacial score (nSPS) is 13.6. The Morgan fingerprint density at radius 2 is 1.59 bits per heavy atom. The molecular formula is C27H23N3O3S. The molecule has 0 N–H and O–H groups in total. The Labute approximate surface area is 201 Å². The molecule has 0 atom stereocenters. The predicted molar refractivity (Wildman–Crippen MR) is 134 cm³/mol. The molecule has 3 aromatic carbocycles. The molecule has 3 amide bonds. The van der Waals surface area contributed by atoms with Crippen molar-refractivity contribution in [2.75, 3.05) is 9.80 Å². The number of hydrogen-bond acceptors (Lipinski definition) is 5. The van der Waals surface area contributed by atoms with Crippen molar-refractivity contribution < 1.29 is 14.4 Å². The van der Waals surface area contributed by atoms with Gasteiger partial charge in [0.15, 0.2) is 5.13 Å². The number of imide groups is 1. The van der Waals surface area contributed by atoms with Gasteiger partial charge in [0.1, 0.15) is 0 Å². The Morgan fingerprint density at radius 3 is 2.26 bits per heavy atom. The van der Waals surface area contributed by atoms with Crippen LogP contribution in [0.3, 0.4) is 0 Å². The van der Waals surface area contributed by atoms with Gasteiger partial charge in [-0.1, -0.05) is 41.7 Å². The number of fused-ring (bicyclic) bond motifs is 1. The van der Waals surface area contributed by atoms with Crippen LogP contribution in [0.2, 0.25) is 0 Å². The third-order valence-corrected chi connectivity index (χ3v) is 7.12. The van der Waals surface area contributed by atoms with Crippen LogP contribution >= 0.6 is 11.3 Å². The Morgan fingerprint density at radius 1 is 0.941 bits per heavy atom. The summed E-state index contributed by atoms with van der Waals surface area (Å²) >= 11 is 1.49.